The summed E-state index contributed by atoms with van der Waals surface area (Å²) in [4.78, 5) is 0. The summed E-state index contributed by atoms with van der Waals surface area (Å²) in [6.07, 6.45) is 6.54. The third kappa shape index (κ3) is 2.66. The van der Waals surface area contributed by atoms with E-state index in [1.165, 1.54) is 11.1 Å². The molecule has 0 aromatic heterocycles. The smallest absolute Gasteiger partial charge is 0.164 e. The molecule has 0 bridgehead atoms. The molecule has 3 unspecified atom stereocenters. The number of nitriles is 1. The van der Waals surface area contributed by atoms with Crippen molar-refractivity contribution in [3.63, 3.8) is 0 Å². The summed E-state index contributed by atoms with van der Waals surface area (Å²) in [5, 5.41) is 22.1. The average molecular weight is 306 g/mol. The monoisotopic (exact) mass is 306 g/mol. The summed E-state index contributed by atoms with van der Waals surface area (Å²) in [6, 6.07) is 8.43. The summed E-state index contributed by atoms with van der Waals surface area (Å²) < 4.78 is 0. The molecular weight excluding hydrogens is 282 g/mol. The van der Waals surface area contributed by atoms with Gasteiger partial charge in [-0.1, -0.05) is 25.3 Å². The number of rotatable bonds is 2. The van der Waals surface area contributed by atoms with Gasteiger partial charge in [0.2, 0.25) is 0 Å². The van der Waals surface area contributed by atoms with Crippen molar-refractivity contribution < 1.29 is 5.11 Å². The first-order valence-electron chi connectivity index (χ1n) is 8.75. The van der Waals surface area contributed by atoms with E-state index >= 15 is 0 Å². The van der Waals surface area contributed by atoms with E-state index in [0.29, 0.717) is 18.8 Å². The summed E-state index contributed by atoms with van der Waals surface area (Å²) in [7, 11) is 0. The van der Waals surface area contributed by atoms with Crippen LogP contribution in [-0.2, 0) is 16.9 Å². The van der Waals surface area contributed by atoms with Crippen molar-refractivity contribution in [1.29, 1.82) is 5.26 Å². The second-order valence-corrected chi connectivity index (χ2v) is 7.20. The molecule has 2 aliphatic carbocycles. The Labute approximate surface area is 139 Å². The standard InChI is InChI=1S/C21H24NO/c1-3-9-20(23)11-12-21(10-4-2)18(14-20)7-6-17-13-16(15-22)5-8-19(17)21/h5,8,13,18H,4,6-7,10-12,14H2,1-2H3. The molecule has 23 heavy (non-hydrogen) atoms. The van der Waals surface area contributed by atoms with E-state index in [-0.39, 0.29) is 5.41 Å². The molecule has 1 aromatic rings. The zero-order valence-electron chi connectivity index (χ0n) is 14.1. The van der Waals surface area contributed by atoms with Crippen molar-refractivity contribution in [2.24, 2.45) is 5.92 Å². The third-order valence-corrected chi connectivity index (χ3v) is 5.91. The van der Waals surface area contributed by atoms with Crippen LogP contribution >= 0.6 is 0 Å². The largest absolute Gasteiger partial charge is 0.215 e. The van der Waals surface area contributed by atoms with Gasteiger partial charge in [-0.25, -0.2) is 5.11 Å². The van der Waals surface area contributed by atoms with Crippen molar-refractivity contribution in [1.82, 2.24) is 0 Å². The molecule has 3 rings (SSSR count). The van der Waals surface area contributed by atoms with Gasteiger partial charge in [-0.15, -0.1) is 5.92 Å². The molecule has 119 valence electrons. The van der Waals surface area contributed by atoms with Gasteiger partial charge in [0, 0.05) is 0 Å². The van der Waals surface area contributed by atoms with E-state index in [1.807, 2.05) is 6.07 Å². The van der Waals surface area contributed by atoms with Gasteiger partial charge in [0.1, 0.15) is 0 Å². The maximum absolute atomic E-state index is 12.9. The predicted octanol–water partition coefficient (Wildman–Crippen LogP) is 4.54. The van der Waals surface area contributed by atoms with Crippen LogP contribution in [0.5, 0.6) is 0 Å². The fraction of sp³-hybridized carbons (Fsp3) is 0.571. The van der Waals surface area contributed by atoms with E-state index < -0.39 is 5.60 Å². The first-order chi connectivity index (χ1) is 11.1. The number of benzene rings is 1. The van der Waals surface area contributed by atoms with Gasteiger partial charge in [-0.05, 0) is 80.0 Å². The molecule has 0 spiro atoms. The lowest BCUT2D eigenvalue weighted by atomic mass is 9.53. The van der Waals surface area contributed by atoms with Crippen LogP contribution in [0.4, 0.5) is 0 Å². The van der Waals surface area contributed by atoms with Crippen LogP contribution in [0.2, 0.25) is 0 Å². The minimum absolute atomic E-state index is 0.125. The van der Waals surface area contributed by atoms with Crippen molar-refractivity contribution in [2.45, 2.75) is 69.8 Å². The van der Waals surface area contributed by atoms with Crippen LogP contribution in [0.15, 0.2) is 18.2 Å². The molecule has 2 nitrogen and oxygen atoms in total. The lowest BCUT2D eigenvalue weighted by Crippen LogP contribution is -2.49. The molecule has 1 radical (unpaired) electrons. The van der Waals surface area contributed by atoms with E-state index in [2.05, 4.69) is 37.0 Å². The lowest BCUT2D eigenvalue weighted by molar-refractivity contribution is -0.0569. The molecule has 3 atom stereocenters. The molecule has 0 aliphatic heterocycles. The number of hydrogen-bond donors (Lipinski definition) is 0. The zero-order valence-corrected chi connectivity index (χ0v) is 14.1. The van der Waals surface area contributed by atoms with Crippen LogP contribution in [0.1, 0.15) is 69.1 Å². The van der Waals surface area contributed by atoms with Gasteiger partial charge in [-0.3, -0.25) is 0 Å². The Bertz CT molecular complexity index is 705. The zero-order chi connectivity index (χ0) is 16.5. The van der Waals surface area contributed by atoms with Crippen molar-refractivity contribution in [3.8, 4) is 17.9 Å². The minimum atomic E-state index is -1.05. The topological polar surface area (TPSA) is 43.7 Å². The normalized spacial score (nSPS) is 32.0. The first kappa shape index (κ1) is 16.1. The van der Waals surface area contributed by atoms with Gasteiger partial charge >= 0.3 is 0 Å². The quantitative estimate of drug-likeness (QED) is 0.740. The number of nitrogens with zero attached hydrogens (tertiary/aromatic N) is 1. The maximum atomic E-state index is 12.9. The Hall–Kier alpha value is -1.77. The summed E-state index contributed by atoms with van der Waals surface area (Å²) in [6.45, 7) is 4.00. The number of fused-ring (bicyclic) bond motifs is 3. The molecule has 1 saturated carbocycles. The fourth-order valence-electron chi connectivity index (χ4n) is 4.99. The van der Waals surface area contributed by atoms with Crippen LogP contribution < -0.4 is 0 Å². The second kappa shape index (κ2) is 6.03. The van der Waals surface area contributed by atoms with Crippen LogP contribution in [0.25, 0.3) is 0 Å². The highest BCUT2D eigenvalue weighted by Crippen LogP contribution is 2.55. The minimum Gasteiger partial charge on any atom is -0.215 e. The van der Waals surface area contributed by atoms with Gasteiger partial charge < -0.3 is 0 Å². The van der Waals surface area contributed by atoms with E-state index in [4.69, 9.17) is 5.26 Å². The molecule has 0 heterocycles. The van der Waals surface area contributed by atoms with Gasteiger partial charge in [-0.2, -0.15) is 5.26 Å². The highest BCUT2D eigenvalue weighted by Gasteiger charge is 2.51. The number of hydrogen-bond acceptors (Lipinski definition) is 1. The van der Waals surface area contributed by atoms with Crippen LogP contribution in [-0.4, -0.2) is 5.60 Å². The fourth-order valence-corrected chi connectivity index (χ4v) is 4.99. The van der Waals surface area contributed by atoms with Gasteiger partial charge in [0.05, 0.1) is 11.6 Å². The van der Waals surface area contributed by atoms with Crippen LogP contribution in [0, 0.1) is 29.1 Å². The Morgan fingerprint density at radius 3 is 2.87 bits per heavy atom. The van der Waals surface area contributed by atoms with Crippen LogP contribution in [0.3, 0.4) is 0 Å². The predicted molar refractivity (Wildman–Crippen MR) is 90.3 cm³/mol. The average Bonchev–Trinajstić information content (AvgIpc) is 2.55. The van der Waals surface area contributed by atoms with Crippen molar-refractivity contribution in [2.75, 3.05) is 0 Å². The molecule has 2 heteroatoms. The molecule has 1 aromatic carbocycles. The molecule has 1 fully saturated rings. The van der Waals surface area contributed by atoms with E-state index in [9.17, 15) is 5.11 Å². The Balaban J connectivity index is 2.04. The van der Waals surface area contributed by atoms with Gasteiger partial charge in [0.25, 0.3) is 0 Å². The number of aryl methyl sites for hydroxylation is 1. The highest BCUT2D eigenvalue weighted by molar-refractivity contribution is 5.45. The Kier molecular flexibility index (Phi) is 4.22. The molecule has 0 N–H and O–H groups in total. The summed E-state index contributed by atoms with van der Waals surface area (Å²) >= 11 is 0. The van der Waals surface area contributed by atoms with Gasteiger partial charge in [0.15, 0.2) is 5.60 Å². The SMILES string of the molecule is CC#CC1([O])CCC2(CCC)c3ccc(C#N)cc3CCC2C1. The second-order valence-electron chi connectivity index (χ2n) is 7.20. The molecule has 0 amide bonds. The van der Waals surface area contributed by atoms with E-state index in [1.54, 1.807) is 6.92 Å². The van der Waals surface area contributed by atoms with E-state index in [0.717, 1.165) is 37.7 Å². The van der Waals surface area contributed by atoms with Crippen molar-refractivity contribution in [3.05, 3.63) is 34.9 Å². The highest BCUT2D eigenvalue weighted by atomic mass is 16.3. The third-order valence-electron chi connectivity index (χ3n) is 5.91. The summed E-state index contributed by atoms with van der Waals surface area (Å²) in [5.74, 6) is 6.23. The molecular formula is C21H24NO. The Morgan fingerprint density at radius 2 is 2.17 bits per heavy atom. The Morgan fingerprint density at radius 1 is 1.35 bits per heavy atom. The lowest BCUT2D eigenvalue weighted by Gasteiger charge is -2.51. The first-order valence-corrected chi connectivity index (χ1v) is 8.75. The molecule has 0 saturated heterocycles. The maximum Gasteiger partial charge on any atom is 0.164 e. The molecule has 2 aliphatic rings. The van der Waals surface area contributed by atoms with Crippen molar-refractivity contribution >= 4 is 0 Å². The summed E-state index contributed by atoms with van der Waals surface area (Å²) in [5.41, 5.74) is 2.55.